The Labute approximate surface area is 268 Å². The lowest BCUT2D eigenvalue weighted by molar-refractivity contribution is -0.127. The number of carbonyl (C=O) groups excluding carboxylic acids is 1. The summed E-state index contributed by atoms with van der Waals surface area (Å²) in [6.07, 6.45) is 3.47. The molecular weight excluding hydrogens is 606 g/mol. The topological polar surface area (TPSA) is 125 Å². The van der Waals surface area contributed by atoms with Crippen LogP contribution in [0.1, 0.15) is 22.3 Å². The van der Waals surface area contributed by atoms with Crippen LogP contribution in [0.5, 0.6) is 17.2 Å². The van der Waals surface area contributed by atoms with Crippen LogP contribution in [0, 0.1) is 18.3 Å². The molecule has 0 saturated carbocycles. The molecule has 0 N–H and O–H groups in total. The van der Waals surface area contributed by atoms with E-state index in [1.807, 2.05) is 36.1 Å². The summed E-state index contributed by atoms with van der Waals surface area (Å²) < 4.78 is 46.8. The molecule has 11 nitrogen and oxygen atoms in total. The number of sulfonamides is 1. The summed E-state index contributed by atoms with van der Waals surface area (Å²) in [5.74, 6) is 0.147. The van der Waals surface area contributed by atoms with E-state index in [2.05, 4.69) is 16.0 Å². The van der Waals surface area contributed by atoms with Gasteiger partial charge in [-0.05, 0) is 61.5 Å². The monoisotopic (exact) mass is 639 g/mol. The zero-order chi connectivity index (χ0) is 32.6. The minimum absolute atomic E-state index is 0.0268. The number of ether oxygens (including phenoxy) is 3. The summed E-state index contributed by atoms with van der Waals surface area (Å²) in [5.41, 5.74) is 1.53. The Hall–Kier alpha value is -5.12. The molecule has 2 aliphatic heterocycles. The molecule has 1 saturated heterocycles. The van der Waals surface area contributed by atoms with Gasteiger partial charge in [0.1, 0.15) is 22.1 Å². The standard InChI is InChI=1S/C34H33N5O6S/c1-23-5-9-30(44-3)28(19-23)34(38-17-15-37(16-18-38)25-11-13-36-14-12-25)27-20-24(22-35)6-8-29(27)39(33(34)40)46(41,42)32-10-7-26(43-2)21-31(32)45-4/h5-14,19-21H,15-18H2,1-4H3. The maximum absolute atomic E-state index is 15.3. The molecule has 3 heterocycles. The van der Waals surface area contributed by atoms with E-state index >= 15 is 4.79 Å². The Kier molecular flexibility index (Phi) is 8.06. The molecule has 236 valence electrons. The number of amides is 1. The number of aryl methyl sites for hydroxylation is 1. The average molecular weight is 640 g/mol. The number of pyridine rings is 1. The summed E-state index contributed by atoms with van der Waals surface area (Å²) in [6, 6.07) is 20.5. The number of methoxy groups -OCH3 is 3. The summed E-state index contributed by atoms with van der Waals surface area (Å²) in [7, 11) is -0.210. The summed E-state index contributed by atoms with van der Waals surface area (Å²) in [6.45, 7) is 3.82. The number of nitriles is 1. The molecule has 6 rings (SSSR count). The average Bonchev–Trinajstić information content (AvgIpc) is 3.36. The number of hydrogen-bond acceptors (Lipinski definition) is 10. The van der Waals surface area contributed by atoms with Crippen molar-refractivity contribution in [3.63, 3.8) is 0 Å². The van der Waals surface area contributed by atoms with E-state index < -0.39 is 21.5 Å². The Morgan fingerprint density at radius 1 is 0.826 bits per heavy atom. The van der Waals surface area contributed by atoms with E-state index in [0.29, 0.717) is 54.4 Å². The van der Waals surface area contributed by atoms with Crippen LogP contribution < -0.4 is 23.4 Å². The maximum Gasteiger partial charge on any atom is 0.274 e. The fraction of sp³-hybridized carbons (Fsp3) is 0.265. The lowest BCUT2D eigenvalue weighted by Gasteiger charge is -2.46. The van der Waals surface area contributed by atoms with Crippen LogP contribution in [0.4, 0.5) is 11.4 Å². The zero-order valence-electron chi connectivity index (χ0n) is 25.9. The first kappa shape index (κ1) is 30.9. The highest BCUT2D eigenvalue weighted by atomic mass is 32.2. The quantitative estimate of drug-likeness (QED) is 0.278. The van der Waals surface area contributed by atoms with Gasteiger partial charge in [0, 0.05) is 61.5 Å². The molecule has 0 radical (unpaired) electrons. The van der Waals surface area contributed by atoms with Gasteiger partial charge in [0.05, 0.1) is 38.6 Å². The first-order valence-corrected chi connectivity index (χ1v) is 16.1. The van der Waals surface area contributed by atoms with Crippen LogP contribution in [-0.2, 0) is 20.4 Å². The zero-order valence-corrected chi connectivity index (χ0v) is 26.7. The number of anilines is 2. The second kappa shape index (κ2) is 12.0. The highest BCUT2D eigenvalue weighted by molar-refractivity contribution is 7.93. The molecule has 1 amide bonds. The predicted octanol–water partition coefficient (Wildman–Crippen LogP) is 4.09. The number of rotatable bonds is 8. The SMILES string of the molecule is COc1ccc(S(=O)(=O)N2C(=O)C(c3cc(C)ccc3OC)(N3CCN(c4ccncc4)CC3)c3cc(C#N)ccc32)c(OC)c1. The van der Waals surface area contributed by atoms with Crippen LogP contribution in [0.15, 0.2) is 84.0 Å². The number of hydrogen-bond donors (Lipinski definition) is 0. The predicted molar refractivity (Wildman–Crippen MR) is 172 cm³/mol. The fourth-order valence-corrected chi connectivity index (χ4v) is 8.07. The summed E-state index contributed by atoms with van der Waals surface area (Å²) in [4.78, 5) is 23.5. The molecular formula is C34H33N5O6S. The number of fused-ring (bicyclic) bond motifs is 1. The lowest BCUT2D eigenvalue weighted by atomic mass is 9.80. The van der Waals surface area contributed by atoms with Crippen molar-refractivity contribution in [2.75, 3.05) is 56.7 Å². The molecule has 1 fully saturated rings. The smallest absolute Gasteiger partial charge is 0.274 e. The van der Waals surface area contributed by atoms with Gasteiger partial charge in [-0.1, -0.05) is 11.6 Å². The van der Waals surface area contributed by atoms with Gasteiger partial charge in [-0.3, -0.25) is 14.7 Å². The molecule has 0 aliphatic carbocycles. The molecule has 12 heteroatoms. The molecule has 0 bridgehead atoms. The van der Waals surface area contributed by atoms with Crippen LogP contribution >= 0.6 is 0 Å². The van der Waals surface area contributed by atoms with E-state index in [1.54, 1.807) is 24.5 Å². The van der Waals surface area contributed by atoms with Crippen LogP contribution in [0.25, 0.3) is 0 Å². The minimum Gasteiger partial charge on any atom is -0.497 e. The van der Waals surface area contributed by atoms with Gasteiger partial charge in [0.25, 0.3) is 15.9 Å². The van der Waals surface area contributed by atoms with Crippen molar-refractivity contribution < 1.29 is 27.4 Å². The number of carbonyl (C=O) groups is 1. The third-order valence-electron chi connectivity index (χ3n) is 8.64. The van der Waals surface area contributed by atoms with Crippen molar-refractivity contribution in [3.8, 4) is 23.3 Å². The van der Waals surface area contributed by atoms with Crippen LogP contribution in [-0.4, -0.2) is 71.7 Å². The third kappa shape index (κ3) is 4.79. The van der Waals surface area contributed by atoms with Crippen molar-refractivity contribution in [1.82, 2.24) is 9.88 Å². The van der Waals surface area contributed by atoms with Gasteiger partial charge in [-0.25, -0.2) is 12.7 Å². The second-order valence-electron chi connectivity index (χ2n) is 11.0. The highest BCUT2D eigenvalue weighted by Crippen LogP contribution is 2.53. The van der Waals surface area contributed by atoms with Crippen molar-refractivity contribution in [2.45, 2.75) is 17.4 Å². The van der Waals surface area contributed by atoms with Gasteiger partial charge in [-0.2, -0.15) is 5.26 Å². The molecule has 1 atom stereocenters. The van der Waals surface area contributed by atoms with E-state index in [9.17, 15) is 13.7 Å². The fourth-order valence-electron chi connectivity index (χ4n) is 6.46. The van der Waals surface area contributed by atoms with E-state index in [4.69, 9.17) is 14.2 Å². The van der Waals surface area contributed by atoms with Crippen molar-refractivity contribution in [3.05, 3.63) is 101 Å². The number of benzene rings is 3. The van der Waals surface area contributed by atoms with Crippen molar-refractivity contribution in [2.24, 2.45) is 0 Å². The molecule has 0 spiro atoms. The van der Waals surface area contributed by atoms with Gasteiger partial charge in [-0.15, -0.1) is 0 Å². The normalized spacial score (nSPS) is 18.2. The molecule has 4 aromatic rings. The van der Waals surface area contributed by atoms with Gasteiger partial charge in [0.15, 0.2) is 5.54 Å². The Morgan fingerprint density at radius 3 is 2.20 bits per heavy atom. The van der Waals surface area contributed by atoms with Crippen molar-refractivity contribution >= 4 is 27.3 Å². The molecule has 3 aromatic carbocycles. The molecule has 1 aromatic heterocycles. The summed E-state index contributed by atoms with van der Waals surface area (Å²) >= 11 is 0. The Balaban J connectivity index is 1.59. The molecule has 1 unspecified atom stereocenters. The van der Waals surface area contributed by atoms with Gasteiger partial charge >= 0.3 is 0 Å². The maximum atomic E-state index is 15.3. The second-order valence-corrected chi connectivity index (χ2v) is 12.8. The first-order chi connectivity index (χ1) is 22.2. The molecule has 2 aliphatic rings. The summed E-state index contributed by atoms with van der Waals surface area (Å²) in [5, 5.41) is 9.97. The van der Waals surface area contributed by atoms with E-state index in [1.165, 1.54) is 51.7 Å². The third-order valence-corrected chi connectivity index (χ3v) is 10.4. The van der Waals surface area contributed by atoms with E-state index in [-0.39, 0.29) is 16.3 Å². The number of piperazine rings is 1. The molecule has 46 heavy (non-hydrogen) atoms. The number of aromatic nitrogens is 1. The lowest BCUT2D eigenvalue weighted by Crippen LogP contribution is -2.60. The van der Waals surface area contributed by atoms with Crippen LogP contribution in [0.2, 0.25) is 0 Å². The minimum atomic E-state index is -4.55. The first-order valence-electron chi connectivity index (χ1n) is 14.6. The Morgan fingerprint density at radius 2 is 1.54 bits per heavy atom. The Bertz CT molecular complexity index is 1950. The number of nitrogens with zero attached hydrogens (tertiary/aromatic N) is 5. The van der Waals surface area contributed by atoms with Gasteiger partial charge < -0.3 is 19.1 Å². The highest BCUT2D eigenvalue weighted by Gasteiger charge is 2.61. The largest absolute Gasteiger partial charge is 0.497 e. The van der Waals surface area contributed by atoms with Crippen molar-refractivity contribution in [1.29, 1.82) is 5.26 Å². The van der Waals surface area contributed by atoms with E-state index in [0.717, 1.165) is 15.6 Å². The van der Waals surface area contributed by atoms with Crippen LogP contribution in [0.3, 0.4) is 0 Å². The van der Waals surface area contributed by atoms with Gasteiger partial charge in [0.2, 0.25) is 0 Å².